The third kappa shape index (κ3) is 1.93. The van der Waals surface area contributed by atoms with E-state index in [0.29, 0.717) is 5.92 Å². The molecule has 1 atom stereocenters. The standard InChI is InChI=1S/C9H12/c1-2-6-9-7-4-3-5-8-9/h2,9H,1,3-4,6-7H2. The molecule has 0 amide bonds. The molecule has 0 aliphatic heterocycles. The fraction of sp³-hybridized carbons (Fsp3) is 0.556. The molecule has 0 bridgehead atoms. The molecule has 0 spiro atoms. The van der Waals surface area contributed by atoms with Crippen molar-refractivity contribution < 1.29 is 0 Å². The van der Waals surface area contributed by atoms with Crippen LogP contribution in [0.3, 0.4) is 0 Å². The quantitative estimate of drug-likeness (QED) is 0.387. The van der Waals surface area contributed by atoms with Gasteiger partial charge in [-0.25, -0.2) is 0 Å². The van der Waals surface area contributed by atoms with Gasteiger partial charge in [-0.05, 0) is 19.3 Å². The molecule has 1 rings (SSSR count). The van der Waals surface area contributed by atoms with Crippen molar-refractivity contribution in [2.45, 2.75) is 25.7 Å². The van der Waals surface area contributed by atoms with Crippen LogP contribution in [-0.2, 0) is 0 Å². The van der Waals surface area contributed by atoms with Crippen molar-refractivity contribution in [2.24, 2.45) is 5.92 Å². The highest BCUT2D eigenvalue weighted by atomic mass is 14.1. The van der Waals surface area contributed by atoms with Crippen LogP contribution in [0.2, 0.25) is 0 Å². The van der Waals surface area contributed by atoms with Gasteiger partial charge < -0.3 is 0 Å². The smallest absolute Gasteiger partial charge is 0.0237 e. The summed E-state index contributed by atoms with van der Waals surface area (Å²) in [7, 11) is 0. The second-order valence-electron chi connectivity index (χ2n) is 2.43. The van der Waals surface area contributed by atoms with Crippen molar-refractivity contribution >= 4 is 0 Å². The molecule has 1 unspecified atom stereocenters. The summed E-state index contributed by atoms with van der Waals surface area (Å²) in [5.41, 5.74) is 0. The lowest BCUT2D eigenvalue weighted by molar-refractivity contribution is 0.577. The van der Waals surface area contributed by atoms with Gasteiger partial charge >= 0.3 is 0 Å². The van der Waals surface area contributed by atoms with E-state index in [0.717, 1.165) is 12.8 Å². The van der Waals surface area contributed by atoms with Crippen LogP contribution in [0.15, 0.2) is 12.7 Å². The average molecular weight is 120 g/mol. The van der Waals surface area contributed by atoms with Gasteiger partial charge in [0.1, 0.15) is 0 Å². The Balaban J connectivity index is 2.37. The summed E-state index contributed by atoms with van der Waals surface area (Å²) >= 11 is 0. The minimum absolute atomic E-state index is 0.622. The molecule has 0 aromatic rings. The first-order chi connectivity index (χ1) is 4.43. The third-order valence-electron chi connectivity index (χ3n) is 1.61. The average Bonchev–Trinajstić information content (AvgIpc) is 1.91. The number of allylic oxidation sites excluding steroid dienone is 1. The molecule has 0 N–H and O–H groups in total. The Morgan fingerprint density at radius 3 is 3.11 bits per heavy atom. The van der Waals surface area contributed by atoms with Gasteiger partial charge in [-0.15, -0.1) is 12.5 Å². The first-order valence-corrected chi connectivity index (χ1v) is 3.53. The summed E-state index contributed by atoms with van der Waals surface area (Å²) in [4.78, 5) is 0. The van der Waals surface area contributed by atoms with Crippen LogP contribution < -0.4 is 0 Å². The predicted octanol–water partition coefficient (Wildman–Crippen LogP) is 2.37. The highest BCUT2D eigenvalue weighted by Crippen LogP contribution is 2.15. The van der Waals surface area contributed by atoms with Crippen molar-refractivity contribution in [3.63, 3.8) is 0 Å². The maximum absolute atomic E-state index is 3.69. The first-order valence-electron chi connectivity index (χ1n) is 3.53. The van der Waals surface area contributed by atoms with Crippen molar-refractivity contribution in [3.8, 4) is 11.8 Å². The molecule has 0 nitrogen and oxygen atoms in total. The molecule has 1 aliphatic carbocycles. The SMILES string of the molecule is C=CCC1C#CCCC1. The summed E-state index contributed by atoms with van der Waals surface area (Å²) in [5.74, 6) is 6.94. The molecule has 0 saturated carbocycles. The molecule has 0 heteroatoms. The van der Waals surface area contributed by atoms with Crippen LogP contribution in [0.4, 0.5) is 0 Å². The van der Waals surface area contributed by atoms with Gasteiger partial charge in [0.25, 0.3) is 0 Å². The maximum Gasteiger partial charge on any atom is 0.0237 e. The van der Waals surface area contributed by atoms with E-state index in [2.05, 4.69) is 18.4 Å². The monoisotopic (exact) mass is 120 g/mol. The Labute approximate surface area is 57.0 Å². The van der Waals surface area contributed by atoms with Gasteiger partial charge in [-0.2, -0.15) is 0 Å². The zero-order valence-electron chi connectivity index (χ0n) is 5.69. The van der Waals surface area contributed by atoms with Gasteiger partial charge in [-0.3, -0.25) is 0 Å². The van der Waals surface area contributed by atoms with Gasteiger partial charge in [0.2, 0.25) is 0 Å². The Morgan fingerprint density at radius 1 is 1.67 bits per heavy atom. The zero-order valence-corrected chi connectivity index (χ0v) is 5.69. The van der Waals surface area contributed by atoms with Crippen LogP contribution in [0, 0.1) is 17.8 Å². The summed E-state index contributed by atoms with van der Waals surface area (Å²) in [6.07, 6.45) is 6.70. The minimum atomic E-state index is 0.622. The Hall–Kier alpha value is -0.700. The van der Waals surface area contributed by atoms with Crippen molar-refractivity contribution in [1.29, 1.82) is 0 Å². The Kier molecular flexibility index (Phi) is 2.39. The molecule has 0 aromatic heterocycles. The third-order valence-corrected chi connectivity index (χ3v) is 1.61. The van der Waals surface area contributed by atoms with E-state index in [1.807, 2.05) is 6.08 Å². The molecule has 48 valence electrons. The molecule has 0 heterocycles. The van der Waals surface area contributed by atoms with Crippen LogP contribution in [0.1, 0.15) is 25.7 Å². The lowest BCUT2D eigenvalue weighted by atomic mass is 9.95. The van der Waals surface area contributed by atoms with E-state index in [4.69, 9.17) is 0 Å². The molecule has 0 saturated heterocycles. The lowest BCUT2D eigenvalue weighted by Gasteiger charge is -2.09. The maximum atomic E-state index is 3.69. The van der Waals surface area contributed by atoms with E-state index in [9.17, 15) is 0 Å². The second kappa shape index (κ2) is 3.35. The molecule has 0 radical (unpaired) electrons. The molecule has 0 fully saturated rings. The van der Waals surface area contributed by atoms with Crippen molar-refractivity contribution in [2.75, 3.05) is 0 Å². The fourth-order valence-corrected chi connectivity index (χ4v) is 1.10. The minimum Gasteiger partial charge on any atom is -0.103 e. The van der Waals surface area contributed by atoms with Crippen LogP contribution in [0.5, 0.6) is 0 Å². The van der Waals surface area contributed by atoms with Crippen LogP contribution in [0.25, 0.3) is 0 Å². The van der Waals surface area contributed by atoms with Gasteiger partial charge in [-0.1, -0.05) is 12.0 Å². The van der Waals surface area contributed by atoms with E-state index < -0.39 is 0 Å². The van der Waals surface area contributed by atoms with E-state index >= 15 is 0 Å². The number of hydrogen-bond donors (Lipinski definition) is 0. The van der Waals surface area contributed by atoms with Gasteiger partial charge in [0, 0.05) is 12.3 Å². The van der Waals surface area contributed by atoms with Crippen molar-refractivity contribution in [3.05, 3.63) is 12.7 Å². The normalized spacial score (nSPS) is 24.2. The lowest BCUT2D eigenvalue weighted by Crippen LogP contribution is -1.98. The largest absolute Gasteiger partial charge is 0.103 e. The molecular formula is C9H12. The van der Waals surface area contributed by atoms with Gasteiger partial charge in [0.05, 0.1) is 0 Å². The Bertz CT molecular complexity index is 145. The zero-order chi connectivity index (χ0) is 6.53. The van der Waals surface area contributed by atoms with Crippen LogP contribution >= 0.6 is 0 Å². The predicted molar refractivity (Wildman–Crippen MR) is 39.9 cm³/mol. The topological polar surface area (TPSA) is 0 Å². The second-order valence-corrected chi connectivity index (χ2v) is 2.43. The highest BCUT2D eigenvalue weighted by Gasteiger charge is 2.04. The Morgan fingerprint density at radius 2 is 2.56 bits per heavy atom. The summed E-state index contributed by atoms with van der Waals surface area (Å²) < 4.78 is 0. The van der Waals surface area contributed by atoms with Crippen LogP contribution in [-0.4, -0.2) is 0 Å². The molecule has 0 aromatic carbocycles. The summed E-state index contributed by atoms with van der Waals surface area (Å²) in [5, 5.41) is 0. The summed E-state index contributed by atoms with van der Waals surface area (Å²) in [6, 6.07) is 0. The summed E-state index contributed by atoms with van der Waals surface area (Å²) in [6.45, 7) is 3.69. The first kappa shape index (κ1) is 6.42. The molecular weight excluding hydrogens is 108 g/mol. The molecule has 1 aliphatic rings. The fourth-order valence-electron chi connectivity index (χ4n) is 1.10. The molecule has 9 heavy (non-hydrogen) atoms. The number of hydrogen-bond acceptors (Lipinski definition) is 0. The van der Waals surface area contributed by atoms with E-state index in [1.165, 1.54) is 12.8 Å². The number of rotatable bonds is 2. The van der Waals surface area contributed by atoms with Gasteiger partial charge in [0.15, 0.2) is 0 Å². The van der Waals surface area contributed by atoms with Crippen molar-refractivity contribution in [1.82, 2.24) is 0 Å². The highest BCUT2D eigenvalue weighted by molar-refractivity contribution is 5.08. The van der Waals surface area contributed by atoms with E-state index in [-0.39, 0.29) is 0 Å². The van der Waals surface area contributed by atoms with E-state index in [1.54, 1.807) is 0 Å².